The third kappa shape index (κ3) is 6.65. The van der Waals surface area contributed by atoms with E-state index >= 15 is 0 Å². The minimum atomic E-state index is -0.833. The van der Waals surface area contributed by atoms with Crippen LogP contribution in [0.5, 0.6) is 11.5 Å². The molecule has 3 rings (SSSR count). The molecule has 0 aliphatic rings. The van der Waals surface area contributed by atoms with Crippen LogP contribution < -0.4 is 4.74 Å². The van der Waals surface area contributed by atoms with E-state index in [1.807, 2.05) is 72.8 Å². The van der Waals surface area contributed by atoms with Crippen molar-refractivity contribution in [2.75, 3.05) is 0 Å². The molecule has 0 saturated carbocycles. The number of hydrogen-bond acceptors (Lipinski definition) is 3. The summed E-state index contributed by atoms with van der Waals surface area (Å²) in [7, 11) is 0. The molecule has 0 spiro atoms. The summed E-state index contributed by atoms with van der Waals surface area (Å²) in [5, 5.41) is 17.9. The first-order valence-corrected chi connectivity index (χ1v) is 9.91. The number of nitrogens with zero attached hydrogens (tertiary/aromatic N) is 1. The second-order valence-electron chi connectivity index (χ2n) is 7.00. The molecule has 0 bridgehead atoms. The van der Waals surface area contributed by atoms with E-state index in [9.17, 15) is 5.26 Å². The van der Waals surface area contributed by atoms with Gasteiger partial charge in [0.2, 0.25) is 0 Å². The fraction of sp³-hybridized carbons (Fsp3) is 0.200. The van der Waals surface area contributed by atoms with Gasteiger partial charge in [0.15, 0.2) is 0 Å². The lowest BCUT2D eigenvalue weighted by Gasteiger charge is -2.18. The number of carboxylic acids is 1. The van der Waals surface area contributed by atoms with E-state index in [0.29, 0.717) is 16.7 Å². The number of carboxylic acid groups (broad SMARTS) is 1. The molecule has 1 N–H and O–H groups in total. The van der Waals surface area contributed by atoms with Gasteiger partial charge in [-0.1, -0.05) is 61.8 Å². The zero-order valence-electron chi connectivity index (χ0n) is 17.2. The highest BCUT2D eigenvalue weighted by molar-refractivity contribution is 6.30. The van der Waals surface area contributed by atoms with Gasteiger partial charge in [-0.3, -0.25) is 4.79 Å². The van der Waals surface area contributed by atoms with E-state index in [4.69, 9.17) is 26.2 Å². The van der Waals surface area contributed by atoms with E-state index in [2.05, 4.69) is 19.9 Å². The maximum absolute atomic E-state index is 9.88. The number of ether oxygens (including phenoxy) is 1. The van der Waals surface area contributed by atoms with Crippen molar-refractivity contribution in [2.45, 2.75) is 32.6 Å². The van der Waals surface area contributed by atoms with Crippen LogP contribution in [0.3, 0.4) is 0 Å². The molecule has 0 heterocycles. The van der Waals surface area contributed by atoms with Crippen molar-refractivity contribution in [3.05, 3.63) is 94.5 Å². The van der Waals surface area contributed by atoms with Crippen LogP contribution in [0.15, 0.2) is 72.8 Å². The first-order chi connectivity index (χ1) is 14.3. The first kappa shape index (κ1) is 23.0. The number of nitriles is 1. The quantitative estimate of drug-likeness (QED) is 0.481. The SMILES string of the molecule is CC(=O)O.CC(C)c1ccc(Cl)cc1C(C#N)c1cccc(Oc2ccccc2)c1. The van der Waals surface area contributed by atoms with Gasteiger partial charge < -0.3 is 9.84 Å². The minimum absolute atomic E-state index is 0.307. The molecule has 30 heavy (non-hydrogen) atoms. The number of carbonyl (C=O) groups is 1. The van der Waals surface area contributed by atoms with E-state index in [-0.39, 0.29) is 0 Å². The predicted octanol–water partition coefficient (Wildman–Crippen LogP) is 7.00. The lowest BCUT2D eigenvalue weighted by Crippen LogP contribution is -2.04. The fourth-order valence-corrected chi connectivity index (χ4v) is 3.21. The van der Waals surface area contributed by atoms with Crippen LogP contribution in [-0.2, 0) is 4.79 Å². The van der Waals surface area contributed by atoms with E-state index in [1.165, 1.54) is 0 Å². The number of para-hydroxylation sites is 1. The summed E-state index contributed by atoms with van der Waals surface area (Å²) < 4.78 is 5.92. The van der Waals surface area contributed by atoms with Gasteiger partial charge in [0.05, 0.1) is 12.0 Å². The highest BCUT2D eigenvalue weighted by Gasteiger charge is 2.19. The Morgan fingerprint density at radius 3 is 2.20 bits per heavy atom. The standard InChI is InChI=1S/C23H20ClNO.C2H4O2/c1-16(2)21-12-11-18(24)14-22(21)23(15-25)17-7-6-10-20(13-17)26-19-8-4-3-5-9-19;1-2(3)4/h3-14,16,23H,1-2H3;1H3,(H,3,4). The van der Waals surface area contributed by atoms with Crippen LogP contribution in [0, 0.1) is 11.3 Å². The Balaban J connectivity index is 0.000000735. The average Bonchev–Trinajstić information content (AvgIpc) is 2.69. The molecule has 3 aromatic carbocycles. The van der Waals surface area contributed by atoms with Crippen molar-refractivity contribution in [1.82, 2.24) is 0 Å². The Morgan fingerprint density at radius 1 is 0.967 bits per heavy atom. The maximum atomic E-state index is 9.88. The van der Waals surface area contributed by atoms with Crippen LogP contribution in [-0.4, -0.2) is 11.1 Å². The van der Waals surface area contributed by atoms with Crippen molar-refractivity contribution in [1.29, 1.82) is 5.26 Å². The highest BCUT2D eigenvalue weighted by atomic mass is 35.5. The third-order valence-electron chi connectivity index (χ3n) is 4.28. The molecule has 0 aliphatic carbocycles. The topological polar surface area (TPSA) is 70.3 Å². The van der Waals surface area contributed by atoms with E-state index < -0.39 is 11.9 Å². The van der Waals surface area contributed by atoms with Crippen molar-refractivity contribution in [3.8, 4) is 17.6 Å². The number of hydrogen-bond donors (Lipinski definition) is 1. The van der Waals surface area contributed by atoms with E-state index in [1.54, 1.807) is 0 Å². The first-order valence-electron chi connectivity index (χ1n) is 9.53. The molecular weight excluding hydrogens is 398 g/mol. The normalized spacial score (nSPS) is 11.1. The van der Waals surface area contributed by atoms with Crippen LogP contribution >= 0.6 is 11.6 Å². The summed E-state index contributed by atoms with van der Waals surface area (Å²) in [5.41, 5.74) is 2.98. The lowest BCUT2D eigenvalue weighted by atomic mass is 9.85. The molecule has 0 aliphatic heterocycles. The van der Waals surface area contributed by atoms with Gasteiger partial charge in [-0.05, 0) is 59.0 Å². The monoisotopic (exact) mass is 421 g/mol. The van der Waals surface area contributed by atoms with Gasteiger partial charge in [-0.2, -0.15) is 5.26 Å². The highest BCUT2D eigenvalue weighted by Crippen LogP contribution is 2.34. The Bertz CT molecular complexity index is 1020. The molecular formula is C25H24ClNO3. The van der Waals surface area contributed by atoms with Crippen LogP contribution in [0.1, 0.15) is 49.3 Å². The van der Waals surface area contributed by atoms with E-state index in [0.717, 1.165) is 29.4 Å². The smallest absolute Gasteiger partial charge is 0.300 e. The average molecular weight is 422 g/mol. The molecule has 154 valence electrons. The lowest BCUT2D eigenvalue weighted by molar-refractivity contribution is -0.134. The van der Waals surface area contributed by atoms with Crippen molar-refractivity contribution < 1.29 is 14.6 Å². The maximum Gasteiger partial charge on any atom is 0.300 e. The zero-order valence-corrected chi connectivity index (χ0v) is 17.9. The van der Waals surface area contributed by atoms with Gasteiger partial charge >= 0.3 is 0 Å². The molecule has 3 aromatic rings. The van der Waals surface area contributed by atoms with Gasteiger partial charge in [-0.15, -0.1) is 0 Å². The van der Waals surface area contributed by atoms with Gasteiger partial charge in [0.1, 0.15) is 11.5 Å². The summed E-state index contributed by atoms with van der Waals surface area (Å²) in [5.74, 6) is 0.554. The summed E-state index contributed by atoms with van der Waals surface area (Å²) in [6, 6.07) is 25.5. The summed E-state index contributed by atoms with van der Waals surface area (Å²) in [6.07, 6.45) is 0. The molecule has 0 radical (unpaired) electrons. The molecule has 0 saturated heterocycles. The molecule has 0 fully saturated rings. The van der Waals surface area contributed by atoms with Crippen LogP contribution in [0.4, 0.5) is 0 Å². The summed E-state index contributed by atoms with van der Waals surface area (Å²) in [4.78, 5) is 9.00. The molecule has 1 unspecified atom stereocenters. The molecule has 1 atom stereocenters. The molecule has 0 aromatic heterocycles. The third-order valence-corrected chi connectivity index (χ3v) is 4.52. The van der Waals surface area contributed by atoms with Crippen molar-refractivity contribution in [2.24, 2.45) is 0 Å². The molecule has 5 heteroatoms. The largest absolute Gasteiger partial charge is 0.481 e. The molecule has 0 amide bonds. The number of rotatable bonds is 5. The van der Waals surface area contributed by atoms with Gasteiger partial charge in [0, 0.05) is 11.9 Å². The molecule has 4 nitrogen and oxygen atoms in total. The zero-order chi connectivity index (χ0) is 22.1. The van der Waals surface area contributed by atoms with Crippen molar-refractivity contribution in [3.63, 3.8) is 0 Å². The van der Waals surface area contributed by atoms with Crippen molar-refractivity contribution >= 4 is 17.6 Å². The number of halogens is 1. The predicted molar refractivity (Wildman–Crippen MR) is 119 cm³/mol. The second-order valence-corrected chi connectivity index (χ2v) is 7.43. The Hall–Kier alpha value is -3.29. The fourth-order valence-electron chi connectivity index (χ4n) is 3.03. The van der Waals surface area contributed by atoms with Crippen LogP contribution in [0.25, 0.3) is 0 Å². The Morgan fingerprint density at radius 2 is 1.60 bits per heavy atom. The second kappa shape index (κ2) is 11.0. The van der Waals surface area contributed by atoms with Gasteiger partial charge in [0.25, 0.3) is 5.97 Å². The number of aliphatic carboxylic acids is 1. The van der Waals surface area contributed by atoms with Crippen LogP contribution in [0.2, 0.25) is 5.02 Å². The Kier molecular flexibility index (Phi) is 8.46. The van der Waals surface area contributed by atoms with Gasteiger partial charge in [-0.25, -0.2) is 0 Å². The number of benzene rings is 3. The summed E-state index contributed by atoms with van der Waals surface area (Å²) >= 11 is 6.21. The minimum Gasteiger partial charge on any atom is -0.481 e. The Labute approximate surface area is 182 Å². The summed E-state index contributed by atoms with van der Waals surface area (Å²) in [6.45, 7) is 5.33.